The van der Waals surface area contributed by atoms with Gasteiger partial charge in [0.1, 0.15) is 5.54 Å². The normalized spacial score (nSPS) is 24.1. The van der Waals surface area contributed by atoms with Gasteiger partial charge in [-0.25, -0.2) is 9.78 Å². The van der Waals surface area contributed by atoms with Crippen LogP contribution in [0.25, 0.3) is 0 Å². The quantitative estimate of drug-likeness (QED) is 0.823. The lowest BCUT2D eigenvalue weighted by molar-refractivity contribution is -0.142. The van der Waals surface area contributed by atoms with Crippen molar-refractivity contribution in [1.82, 2.24) is 15.2 Å². The minimum atomic E-state index is -0.913. The van der Waals surface area contributed by atoms with Gasteiger partial charge >= 0.3 is 5.97 Å². The Kier molecular flexibility index (Phi) is 2.73. The van der Waals surface area contributed by atoms with Crippen molar-refractivity contribution in [1.29, 1.82) is 0 Å². The number of anilines is 1. The fourth-order valence-corrected chi connectivity index (χ4v) is 2.07. The average Bonchev–Trinajstić information content (AvgIpc) is 2.66. The highest BCUT2D eigenvalue weighted by molar-refractivity contribution is 5.83. The highest BCUT2D eigenvalue weighted by Gasteiger charge is 2.44. The zero-order chi connectivity index (χ0) is 12.6. The number of carboxylic acid groups (broad SMARTS) is 1. The third-order valence-corrected chi connectivity index (χ3v) is 3.42. The van der Waals surface area contributed by atoms with Crippen LogP contribution in [-0.4, -0.2) is 38.3 Å². The summed E-state index contributed by atoms with van der Waals surface area (Å²) >= 11 is 0. The highest BCUT2D eigenvalue weighted by Crippen LogP contribution is 2.32. The summed E-state index contributed by atoms with van der Waals surface area (Å²) in [6, 6.07) is 0. The third-order valence-electron chi connectivity index (χ3n) is 3.42. The van der Waals surface area contributed by atoms with E-state index in [1.807, 2.05) is 13.8 Å². The van der Waals surface area contributed by atoms with E-state index in [-0.39, 0.29) is 0 Å². The van der Waals surface area contributed by atoms with Gasteiger partial charge < -0.3 is 10.0 Å². The van der Waals surface area contributed by atoms with Gasteiger partial charge in [0.15, 0.2) is 0 Å². The Labute approximate surface area is 99.7 Å². The van der Waals surface area contributed by atoms with Gasteiger partial charge in [0.25, 0.3) is 0 Å². The molecular weight excluding hydrogens is 220 g/mol. The van der Waals surface area contributed by atoms with E-state index < -0.39 is 11.5 Å². The number of aryl methyl sites for hydroxylation is 2. The Balaban J connectivity index is 2.39. The van der Waals surface area contributed by atoms with Gasteiger partial charge in [0.05, 0.1) is 11.4 Å². The van der Waals surface area contributed by atoms with Crippen molar-refractivity contribution in [3.8, 4) is 0 Å². The molecule has 0 aromatic carbocycles. The first-order valence-electron chi connectivity index (χ1n) is 5.64. The summed E-state index contributed by atoms with van der Waals surface area (Å²) in [6.45, 7) is 6.05. The maximum Gasteiger partial charge on any atom is 0.329 e. The lowest BCUT2D eigenvalue weighted by Crippen LogP contribution is -2.49. The van der Waals surface area contributed by atoms with Gasteiger partial charge in [-0.15, -0.1) is 5.10 Å². The molecule has 0 radical (unpaired) electrons. The monoisotopic (exact) mass is 236 g/mol. The summed E-state index contributed by atoms with van der Waals surface area (Å²) in [6.07, 6.45) is 1.44. The molecule has 2 rings (SSSR count). The van der Waals surface area contributed by atoms with Crippen molar-refractivity contribution in [3.63, 3.8) is 0 Å². The van der Waals surface area contributed by atoms with Crippen LogP contribution in [-0.2, 0) is 4.79 Å². The standard InChI is InChI=1S/C11H16N4O2/c1-7-8(2)13-14-10(12-7)15-6-4-5-11(15,3)9(16)17/h4-6H2,1-3H3,(H,16,17). The van der Waals surface area contributed by atoms with Gasteiger partial charge in [-0.3, -0.25) is 0 Å². The van der Waals surface area contributed by atoms with Crippen molar-refractivity contribution in [2.24, 2.45) is 0 Å². The summed E-state index contributed by atoms with van der Waals surface area (Å²) in [4.78, 5) is 17.4. The molecule has 1 aromatic heterocycles. The van der Waals surface area contributed by atoms with Gasteiger partial charge in [0.2, 0.25) is 5.95 Å². The SMILES string of the molecule is Cc1nnc(N2CCCC2(C)C(=O)O)nc1C. The van der Waals surface area contributed by atoms with Gasteiger partial charge in [-0.2, -0.15) is 5.10 Å². The van der Waals surface area contributed by atoms with Crippen LogP contribution in [0.5, 0.6) is 0 Å². The van der Waals surface area contributed by atoms with Crippen LogP contribution in [0.4, 0.5) is 5.95 Å². The highest BCUT2D eigenvalue weighted by atomic mass is 16.4. The van der Waals surface area contributed by atoms with Crippen molar-refractivity contribution < 1.29 is 9.90 Å². The number of aromatic nitrogens is 3. The van der Waals surface area contributed by atoms with Gasteiger partial charge in [0, 0.05) is 6.54 Å². The van der Waals surface area contributed by atoms with E-state index in [9.17, 15) is 9.90 Å². The molecule has 92 valence electrons. The molecule has 0 saturated carbocycles. The second kappa shape index (κ2) is 3.94. The Bertz CT molecular complexity index is 463. The first kappa shape index (κ1) is 11.8. The lowest BCUT2D eigenvalue weighted by atomic mass is 10.00. The largest absolute Gasteiger partial charge is 0.480 e. The molecule has 0 aliphatic carbocycles. The summed E-state index contributed by atoms with van der Waals surface area (Å²) < 4.78 is 0. The second-order valence-electron chi connectivity index (χ2n) is 4.62. The van der Waals surface area contributed by atoms with E-state index in [2.05, 4.69) is 15.2 Å². The Morgan fingerprint density at radius 2 is 2.06 bits per heavy atom. The molecule has 1 fully saturated rings. The molecule has 0 amide bonds. The predicted molar refractivity (Wildman–Crippen MR) is 61.9 cm³/mol. The van der Waals surface area contributed by atoms with Crippen molar-refractivity contribution in [3.05, 3.63) is 11.4 Å². The zero-order valence-electron chi connectivity index (χ0n) is 10.3. The Morgan fingerprint density at radius 1 is 1.35 bits per heavy atom. The topological polar surface area (TPSA) is 79.2 Å². The van der Waals surface area contributed by atoms with Crippen LogP contribution in [0, 0.1) is 13.8 Å². The van der Waals surface area contributed by atoms with Crippen LogP contribution >= 0.6 is 0 Å². The number of aliphatic carboxylic acids is 1. The first-order valence-corrected chi connectivity index (χ1v) is 5.64. The Hall–Kier alpha value is -1.72. The fraction of sp³-hybridized carbons (Fsp3) is 0.636. The van der Waals surface area contributed by atoms with Gasteiger partial charge in [-0.05, 0) is 33.6 Å². The summed E-state index contributed by atoms with van der Waals surface area (Å²) in [5.41, 5.74) is 0.642. The Morgan fingerprint density at radius 3 is 2.65 bits per heavy atom. The van der Waals surface area contributed by atoms with Gasteiger partial charge in [-0.1, -0.05) is 0 Å². The molecule has 17 heavy (non-hydrogen) atoms. The summed E-state index contributed by atoms with van der Waals surface area (Å²) in [5.74, 6) is -0.424. The molecule has 1 unspecified atom stereocenters. The number of hydrogen-bond donors (Lipinski definition) is 1. The van der Waals surface area contributed by atoms with E-state index in [1.54, 1.807) is 11.8 Å². The van der Waals surface area contributed by atoms with Crippen LogP contribution < -0.4 is 4.90 Å². The third kappa shape index (κ3) is 1.83. The molecule has 1 atom stereocenters. The van der Waals surface area contributed by atoms with E-state index in [0.717, 1.165) is 17.8 Å². The summed E-state index contributed by atoms with van der Waals surface area (Å²) in [5, 5.41) is 17.3. The van der Waals surface area contributed by atoms with E-state index in [1.165, 1.54) is 0 Å². The lowest BCUT2D eigenvalue weighted by Gasteiger charge is -2.30. The molecule has 6 heteroatoms. The molecule has 0 bridgehead atoms. The second-order valence-corrected chi connectivity index (χ2v) is 4.62. The molecule has 0 spiro atoms. The van der Waals surface area contributed by atoms with E-state index in [0.29, 0.717) is 18.9 Å². The summed E-state index contributed by atoms with van der Waals surface area (Å²) in [7, 11) is 0. The molecule has 2 heterocycles. The molecule has 1 aromatic rings. The molecule has 1 aliphatic rings. The number of rotatable bonds is 2. The smallest absolute Gasteiger partial charge is 0.329 e. The van der Waals surface area contributed by atoms with Crippen molar-refractivity contribution in [2.45, 2.75) is 39.2 Å². The molecular formula is C11H16N4O2. The zero-order valence-corrected chi connectivity index (χ0v) is 10.3. The molecule has 6 nitrogen and oxygen atoms in total. The maximum atomic E-state index is 11.3. The molecule has 1 saturated heterocycles. The maximum absolute atomic E-state index is 11.3. The van der Waals surface area contributed by atoms with Crippen LogP contribution in [0.15, 0.2) is 0 Å². The average molecular weight is 236 g/mol. The predicted octanol–water partition coefficient (Wildman–Crippen LogP) is 0.932. The minimum absolute atomic E-state index is 0.413. The number of hydrogen-bond acceptors (Lipinski definition) is 5. The molecule has 1 aliphatic heterocycles. The number of carbonyl (C=O) groups is 1. The minimum Gasteiger partial charge on any atom is -0.480 e. The van der Waals surface area contributed by atoms with Crippen molar-refractivity contribution >= 4 is 11.9 Å². The van der Waals surface area contributed by atoms with E-state index in [4.69, 9.17) is 0 Å². The van der Waals surface area contributed by atoms with E-state index >= 15 is 0 Å². The number of nitrogens with zero attached hydrogens (tertiary/aromatic N) is 4. The first-order chi connectivity index (χ1) is 7.95. The van der Waals surface area contributed by atoms with Crippen molar-refractivity contribution in [2.75, 3.05) is 11.4 Å². The fourth-order valence-electron chi connectivity index (χ4n) is 2.07. The van der Waals surface area contributed by atoms with Crippen LogP contribution in [0.3, 0.4) is 0 Å². The van der Waals surface area contributed by atoms with Crippen LogP contribution in [0.2, 0.25) is 0 Å². The van der Waals surface area contributed by atoms with Crippen LogP contribution in [0.1, 0.15) is 31.2 Å². The molecule has 1 N–H and O–H groups in total. The number of carboxylic acids is 1.